The summed E-state index contributed by atoms with van der Waals surface area (Å²) in [6.07, 6.45) is 0.977. The van der Waals surface area contributed by atoms with Crippen molar-refractivity contribution in [1.82, 2.24) is 0 Å². The van der Waals surface area contributed by atoms with Crippen LogP contribution in [0.4, 0.5) is 5.69 Å². The predicted molar refractivity (Wildman–Crippen MR) is 81.9 cm³/mol. The normalized spacial score (nSPS) is 12.1. The molecule has 20 heavy (non-hydrogen) atoms. The topological polar surface area (TPSA) is 81.4 Å². The van der Waals surface area contributed by atoms with E-state index < -0.39 is 10.8 Å². The van der Waals surface area contributed by atoms with Gasteiger partial charge in [-0.25, -0.2) is 0 Å². The summed E-state index contributed by atoms with van der Waals surface area (Å²) in [6, 6.07) is 7.45. The molecule has 1 unspecified atom stereocenters. The molecule has 0 aliphatic rings. The number of benzene rings is 1. The van der Waals surface area contributed by atoms with Gasteiger partial charge >= 0.3 is 0 Å². The van der Waals surface area contributed by atoms with E-state index in [-0.39, 0.29) is 5.91 Å². The SMILES string of the molecule is COCCS(=O)CCCC(=O)Nc1cccc(CN)c1. The van der Waals surface area contributed by atoms with E-state index in [1.807, 2.05) is 24.3 Å². The van der Waals surface area contributed by atoms with E-state index in [0.29, 0.717) is 37.5 Å². The highest BCUT2D eigenvalue weighted by molar-refractivity contribution is 7.84. The summed E-state index contributed by atoms with van der Waals surface area (Å²) >= 11 is 0. The summed E-state index contributed by atoms with van der Waals surface area (Å²) < 4.78 is 16.4. The Morgan fingerprint density at radius 1 is 1.40 bits per heavy atom. The Morgan fingerprint density at radius 2 is 2.20 bits per heavy atom. The van der Waals surface area contributed by atoms with E-state index in [4.69, 9.17) is 10.5 Å². The van der Waals surface area contributed by atoms with Crippen molar-refractivity contribution in [2.24, 2.45) is 5.73 Å². The van der Waals surface area contributed by atoms with E-state index in [9.17, 15) is 9.00 Å². The van der Waals surface area contributed by atoms with E-state index in [1.54, 1.807) is 7.11 Å². The maximum atomic E-state index is 11.7. The van der Waals surface area contributed by atoms with Gasteiger partial charge in [-0.1, -0.05) is 12.1 Å². The smallest absolute Gasteiger partial charge is 0.224 e. The number of nitrogens with one attached hydrogen (secondary N) is 1. The van der Waals surface area contributed by atoms with Crippen molar-refractivity contribution in [3.8, 4) is 0 Å². The lowest BCUT2D eigenvalue weighted by atomic mass is 10.2. The number of ether oxygens (including phenoxy) is 1. The number of hydrogen-bond acceptors (Lipinski definition) is 4. The van der Waals surface area contributed by atoms with Gasteiger partial charge in [-0.3, -0.25) is 9.00 Å². The van der Waals surface area contributed by atoms with Crippen molar-refractivity contribution < 1.29 is 13.7 Å². The number of anilines is 1. The molecule has 0 saturated heterocycles. The first-order valence-corrected chi connectivity index (χ1v) is 8.07. The zero-order chi connectivity index (χ0) is 14.8. The predicted octanol–water partition coefficient (Wildman–Crippen LogP) is 1.26. The highest BCUT2D eigenvalue weighted by atomic mass is 32.2. The Bertz CT molecular complexity index is 452. The first-order valence-electron chi connectivity index (χ1n) is 6.58. The number of methoxy groups -OCH3 is 1. The molecule has 0 heterocycles. The van der Waals surface area contributed by atoms with Gasteiger partial charge in [0.25, 0.3) is 0 Å². The molecule has 0 aromatic heterocycles. The number of rotatable bonds is 9. The fraction of sp³-hybridized carbons (Fsp3) is 0.500. The average molecular weight is 298 g/mol. The molecule has 6 heteroatoms. The fourth-order valence-electron chi connectivity index (χ4n) is 1.67. The third-order valence-corrected chi connectivity index (χ3v) is 4.10. The second-order valence-corrected chi connectivity index (χ2v) is 6.09. The lowest BCUT2D eigenvalue weighted by Gasteiger charge is -2.06. The maximum absolute atomic E-state index is 11.7. The number of amides is 1. The molecule has 112 valence electrons. The van der Waals surface area contributed by atoms with E-state index in [1.165, 1.54) is 0 Å². The standard InChI is InChI=1S/C14H22N2O3S/c1-19-7-9-20(18)8-3-6-14(17)16-13-5-2-4-12(10-13)11-15/h2,4-5,10H,3,6-9,11,15H2,1H3,(H,16,17). The van der Waals surface area contributed by atoms with Crippen molar-refractivity contribution in [1.29, 1.82) is 0 Å². The van der Waals surface area contributed by atoms with Gasteiger partial charge in [0, 0.05) is 48.1 Å². The van der Waals surface area contributed by atoms with Crippen molar-refractivity contribution in [3.05, 3.63) is 29.8 Å². The monoisotopic (exact) mass is 298 g/mol. The molecule has 1 aromatic carbocycles. The van der Waals surface area contributed by atoms with Crippen LogP contribution in [-0.2, 0) is 26.9 Å². The third kappa shape index (κ3) is 6.79. The van der Waals surface area contributed by atoms with Crippen LogP contribution in [0.5, 0.6) is 0 Å². The van der Waals surface area contributed by atoms with Gasteiger partial charge in [0.05, 0.1) is 6.61 Å². The summed E-state index contributed by atoms with van der Waals surface area (Å²) in [6.45, 7) is 0.937. The van der Waals surface area contributed by atoms with E-state index >= 15 is 0 Å². The summed E-state index contributed by atoms with van der Waals surface area (Å²) in [5.74, 6) is 0.985. The second-order valence-electron chi connectivity index (χ2n) is 4.40. The van der Waals surface area contributed by atoms with Crippen LogP contribution in [-0.4, -0.2) is 35.3 Å². The van der Waals surface area contributed by atoms with Crippen LogP contribution in [0.15, 0.2) is 24.3 Å². The van der Waals surface area contributed by atoms with Gasteiger partial charge in [-0.2, -0.15) is 0 Å². The summed E-state index contributed by atoms with van der Waals surface area (Å²) in [7, 11) is 0.674. The molecule has 1 aromatic rings. The first kappa shape index (κ1) is 16.8. The molecule has 0 fully saturated rings. The molecule has 1 amide bonds. The van der Waals surface area contributed by atoms with Crippen molar-refractivity contribution in [2.75, 3.05) is 30.5 Å². The number of carbonyl (C=O) groups excluding carboxylic acids is 1. The summed E-state index contributed by atoms with van der Waals surface area (Å²) in [5.41, 5.74) is 7.27. The maximum Gasteiger partial charge on any atom is 0.224 e. The van der Waals surface area contributed by atoms with Crippen LogP contribution >= 0.6 is 0 Å². The Kier molecular flexibility index (Phi) is 8.10. The highest BCUT2D eigenvalue weighted by Crippen LogP contribution is 2.10. The minimum atomic E-state index is -0.909. The fourth-order valence-corrected chi connectivity index (χ4v) is 2.69. The van der Waals surface area contributed by atoms with E-state index in [2.05, 4.69) is 5.32 Å². The molecule has 0 saturated carbocycles. The van der Waals surface area contributed by atoms with Gasteiger partial charge < -0.3 is 15.8 Å². The van der Waals surface area contributed by atoms with Gasteiger partial charge in [-0.15, -0.1) is 0 Å². The molecule has 0 bridgehead atoms. The Balaban J connectivity index is 2.27. The highest BCUT2D eigenvalue weighted by Gasteiger charge is 2.05. The Hall–Kier alpha value is -1.24. The molecule has 1 rings (SSSR count). The van der Waals surface area contributed by atoms with Gasteiger partial charge in [0.2, 0.25) is 5.91 Å². The van der Waals surface area contributed by atoms with Crippen molar-refractivity contribution in [2.45, 2.75) is 19.4 Å². The lowest BCUT2D eigenvalue weighted by Crippen LogP contribution is -2.14. The number of hydrogen-bond donors (Lipinski definition) is 2. The largest absolute Gasteiger partial charge is 0.384 e. The number of carbonyl (C=O) groups is 1. The molecule has 5 nitrogen and oxygen atoms in total. The molecular weight excluding hydrogens is 276 g/mol. The van der Waals surface area contributed by atoms with Gasteiger partial charge in [0.1, 0.15) is 0 Å². The Labute approximate surface area is 122 Å². The zero-order valence-electron chi connectivity index (χ0n) is 11.8. The summed E-state index contributed by atoms with van der Waals surface area (Å²) in [4.78, 5) is 11.7. The summed E-state index contributed by atoms with van der Waals surface area (Å²) in [5, 5.41) is 2.82. The average Bonchev–Trinajstić information content (AvgIpc) is 2.45. The van der Waals surface area contributed by atoms with Crippen LogP contribution in [0.3, 0.4) is 0 Å². The lowest BCUT2D eigenvalue weighted by molar-refractivity contribution is -0.116. The van der Waals surface area contributed by atoms with Gasteiger partial charge in [-0.05, 0) is 24.1 Å². The zero-order valence-corrected chi connectivity index (χ0v) is 12.6. The molecule has 0 spiro atoms. The van der Waals surface area contributed by atoms with Gasteiger partial charge in [0.15, 0.2) is 0 Å². The quantitative estimate of drug-likeness (QED) is 0.719. The first-order chi connectivity index (χ1) is 9.65. The van der Waals surface area contributed by atoms with Crippen LogP contribution in [0.1, 0.15) is 18.4 Å². The molecule has 0 aliphatic carbocycles. The minimum absolute atomic E-state index is 0.0667. The molecule has 1 atom stereocenters. The van der Waals surface area contributed by atoms with Crippen molar-refractivity contribution in [3.63, 3.8) is 0 Å². The third-order valence-electron chi connectivity index (χ3n) is 2.74. The molecule has 0 radical (unpaired) electrons. The van der Waals surface area contributed by atoms with Crippen molar-refractivity contribution >= 4 is 22.4 Å². The van der Waals surface area contributed by atoms with Crippen LogP contribution in [0.25, 0.3) is 0 Å². The van der Waals surface area contributed by atoms with Crippen LogP contribution in [0.2, 0.25) is 0 Å². The molecule has 0 aliphatic heterocycles. The minimum Gasteiger partial charge on any atom is -0.384 e. The van der Waals surface area contributed by atoms with E-state index in [0.717, 1.165) is 11.3 Å². The second kappa shape index (κ2) is 9.63. The molecular formula is C14H22N2O3S. The Morgan fingerprint density at radius 3 is 2.90 bits per heavy atom. The van der Waals surface area contributed by atoms with Crippen LogP contribution < -0.4 is 11.1 Å². The molecule has 3 N–H and O–H groups in total. The number of nitrogens with two attached hydrogens (primary N) is 1. The van der Waals surface area contributed by atoms with Crippen LogP contribution in [0, 0.1) is 0 Å².